The Labute approximate surface area is 137 Å². The second kappa shape index (κ2) is 6.86. The van der Waals surface area contributed by atoms with Crippen LogP contribution in [0.3, 0.4) is 0 Å². The lowest BCUT2D eigenvalue weighted by Crippen LogP contribution is -2.20. The SMILES string of the molecule is COc1cc(C)c(C)cc1NCc1cnc(N2CCCC2)nc1. The number of nitrogens with one attached hydrogen (secondary N) is 1. The summed E-state index contributed by atoms with van der Waals surface area (Å²) in [5.74, 6) is 1.71. The van der Waals surface area contributed by atoms with Crippen LogP contribution in [0.15, 0.2) is 24.5 Å². The zero-order valence-corrected chi connectivity index (χ0v) is 14.1. The maximum absolute atomic E-state index is 5.46. The Kier molecular flexibility index (Phi) is 4.65. The Balaban J connectivity index is 1.67. The number of hydrogen-bond donors (Lipinski definition) is 1. The van der Waals surface area contributed by atoms with E-state index in [1.54, 1.807) is 7.11 Å². The molecule has 2 heterocycles. The molecule has 1 saturated heterocycles. The molecule has 5 nitrogen and oxygen atoms in total. The predicted octanol–water partition coefficient (Wildman–Crippen LogP) is 3.31. The molecule has 2 aromatic rings. The number of ether oxygens (including phenoxy) is 1. The third kappa shape index (κ3) is 3.55. The number of rotatable bonds is 5. The first kappa shape index (κ1) is 15.6. The van der Waals surface area contributed by atoms with E-state index in [4.69, 9.17) is 4.74 Å². The first-order valence-corrected chi connectivity index (χ1v) is 8.12. The number of hydrogen-bond acceptors (Lipinski definition) is 5. The molecule has 5 heteroatoms. The summed E-state index contributed by atoms with van der Waals surface area (Å²) in [4.78, 5) is 11.2. The van der Waals surface area contributed by atoms with Crippen molar-refractivity contribution in [1.82, 2.24) is 9.97 Å². The average molecular weight is 312 g/mol. The number of aromatic nitrogens is 2. The van der Waals surface area contributed by atoms with Crippen molar-refractivity contribution in [3.05, 3.63) is 41.2 Å². The zero-order valence-electron chi connectivity index (χ0n) is 14.1. The van der Waals surface area contributed by atoms with Crippen molar-refractivity contribution >= 4 is 11.6 Å². The molecule has 122 valence electrons. The minimum absolute atomic E-state index is 0.680. The van der Waals surface area contributed by atoms with E-state index in [1.165, 1.54) is 24.0 Å². The highest BCUT2D eigenvalue weighted by molar-refractivity contribution is 5.60. The predicted molar refractivity (Wildman–Crippen MR) is 93.3 cm³/mol. The quantitative estimate of drug-likeness (QED) is 0.918. The van der Waals surface area contributed by atoms with Crippen molar-refractivity contribution in [3.8, 4) is 5.75 Å². The van der Waals surface area contributed by atoms with Crippen molar-refractivity contribution in [3.63, 3.8) is 0 Å². The normalized spacial score (nSPS) is 14.1. The minimum Gasteiger partial charge on any atom is -0.495 e. The van der Waals surface area contributed by atoms with Gasteiger partial charge in [0.05, 0.1) is 12.8 Å². The summed E-state index contributed by atoms with van der Waals surface area (Å²) >= 11 is 0. The van der Waals surface area contributed by atoms with Crippen LogP contribution >= 0.6 is 0 Å². The lowest BCUT2D eigenvalue weighted by molar-refractivity contribution is 0.416. The Hall–Kier alpha value is -2.30. The van der Waals surface area contributed by atoms with Gasteiger partial charge in [0, 0.05) is 37.6 Å². The molecule has 1 fully saturated rings. The van der Waals surface area contributed by atoms with Crippen LogP contribution in [0.25, 0.3) is 0 Å². The molecule has 1 N–H and O–H groups in total. The summed E-state index contributed by atoms with van der Waals surface area (Å²) in [5.41, 5.74) is 4.53. The highest BCUT2D eigenvalue weighted by Gasteiger charge is 2.14. The first-order valence-electron chi connectivity index (χ1n) is 8.12. The molecule has 3 rings (SSSR count). The van der Waals surface area contributed by atoms with Crippen molar-refractivity contribution < 1.29 is 4.74 Å². The summed E-state index contributed by atoms with van der Waals surface area (Å²) in [7, 11) is 1.70. The van der Waals surface area contributed by atoms with Gasteiger partial charge in [0.15, 0.2) is 0 Å². The molecule has 0 unspecified atom stereocenters. The molecule has 1 aliphatic heterocycles. The lowest BCUT2D eigenvalue weighted by atomic mass is 10.1. The fourth-order valence-corrected chi connectivity index (χ4v) is 2.81. The summed E-state index contributed by atoms with van der Waals surface area (Å²) < 4.78 is 5.46. The molecular weight excluding hydrogens is 288 g/mol. The van der Waals surface area contributed by atoms with Crippen LogP contribution in [0.5, 0.6) is 5.75 Å². The molecule has 1 aliphatic rings. The maximum Gasteiger partial charge on any atom is 0.225 e. The second-order valence-electron chi connectivity index (χ2n) is 6.08. The fraction of sp³-hybridized carbons (Fsp3) is 0.444. The lowest BCUT2D eigenvalue weighted by Gasteiger charge is -2.16. The summed E-state index contributed by atoms with van der Waals surface area (Å²) in [6, 6.07) is 4.18. The van der Waals surface area contributed by atoms with Gasteiger partial charge in [-0.15, -0.1) is 0 Å². The fourth-order valence-electron chi connectivity index (χ4n) is 2.81. The van der Waals surface area contributed by atoms with Gasteiger partial charge < -0.3 is 15.0 Å². The van der Waals surface area contributed by atoms with Crippen LogP contribution in [0.2, 0.25) is 0 Å². The molecular formula is C18H24N4O. The molecule has 0 aliphatic carbocycles. The number of nitrogens with zero attached hydrogens (tertiary/aromatic N) is 3. The van der Waals surface area contributed by atoms with Crippen LogP contribution in [0, 0.1) is 13.8 Å². The monoisotopic (exact) mass is 312 g/mol. The van der Waals surface area contributed by atoms with E-state index in [1.807, 2.05) is 12.4 Å². The molecule has 0 amide bonds. The van der Waals surface area contributed by atoms with Crippen molar-refractivity contribution in [2.75, 3.05) is 30.4 Å². The standard InChI is InChI=1S/C18H24N4O/c1-13-8-16(17(23-3)9-14(13)2)19-10-15-11-20-18(21-12-15)22-6-4-5-7-22/h8-9,11-12,19H,4-7,10H2,1-3H3. The van der Waals surface area contributed by atoms with Gasteiger partial charge in [-0.2, -0.15) is 0 Å². The van der Waals surface area contributed by atoms with Gasteiger partial charge in [-0.1, -0.05) is 0 Å². The number of benzene rings is 1. The van der Waals surface area contributed by atoms with E-state index in [0.29, 0.717) is 6.54 Å². The molecule has 1 aromatic heterocycles. The Morgan fingerprint density at radius 2 is 1.74 bits per heavy atom. The maximum atomic E-state index is 5.46. The van der Waals surface area contributed by atoms with Gasteiger partial charge in [0.2, 0.25) is 5.95 Å². The largest absolute Gasteiger partial charge is 0.495 e. The van der Waals surface area contributed by atoms with E-state index in [-0.39, 0.29) is 0 Å². The molecule has 23 heavy (non-hydrogen) atoms. The van der Waals surface area contributed by atoms with E-state index in [2.05, 4.69) is 46.2 Å². The van der Waals surface area contributed by atoms with E-state index in [0.717, 1.165) is 36.0 Å². The summed E-state index contributed by atoms with van der Waals surface area (Å²) in [6.45, 7) is 7.01. The van der Waals surface area contributed by atoms with Crippen molar-refractivity contribution in [2.24, 2.45) is 0 Å². The van der Waals surface area contributed by atoms with E-state index >= 15 is 0 Å². The number of anilines is 2. The first-order chi connectivity index (χ1) is 11.2. The Morgan fingerprint density at radius 3 is 2.39 bits per heavy atom. The van der Waals surface area contributed by atoms with Crippen LogP contribution < -0.4 is 15.0 Å². The average Bonchev–Trinajstić information content (AvgIpc) is 3.10. The molecule has 0 spiro atoms. The smallest absolute Gasteiger partial charge is 0.225 e. The minimum atomic E-state index is 0.680. The molecule has 0 radical (unpaired) electrons. The third-order valence-corrected chi connectivity index (χ3v) is 4.38. The summed E-state index contributed by atoms with van der Waals surface area (Å²) in [5, 5.41) is 3.42. The van der Waals surface area contributed by atoms with Gasteiger partial charge in [0.1, 0.15) is 5.75 Å². The zero-order chi connectivity index (χ0) is 16.2. The van der Waals surface area contributed by atoms with Crippen molar-refractivity contribution in [2.45, 2.75) is 33.2 Å². The Morgan fingerprint density at radius 1 is 1.09 bits per heavy atom. The summed E-state index contributed by atoms with van der Waals surface area (Å²) in [6.07, 6.45) is 6.28. The van der Waals surface area contributed by atoms with Gasteiger partial charge in [0.25, 0.3) is 0 Å². The van der Waals surface area contributed by atoms with Gasteiger partial charge in [-0.05, 0) is 49.9 Å². The third-order valence-electron chi connectivity index (χ3n) is 4.38. The van der Waals surface area contributed by atoms with Crippen LogP contribution in [0.4, 0.5) is 11.6 Å². The second-order valence-corrected chi connectivity index (χ2v) is 6.08. The molecule has 1 aromatic carbocycles. The highest BCUT2D eigenvalue weighted by Crippen LogP contribution is 2.28. The number of aryl methyl sites for hydroxylation is 2. The number of methoxy groups -OCH3 is 1. The van der Waals surface area contributed by atoms with Gasteiger partial charge in [-0.25, -0.2) is 9.97 Å². The Bertz CT molecular complexity index is 663. The van der Waals surface area contributed by atoms with Crippen molar-refractivity contribution in [1.29, 1.82) is 0 Å². The topological polar surface area (TPSA) is 50.3 Å². The molecule has 0 saturated carbocycles. The van der Waals surface area contributed by atoms with E-state index in [9.17, 15) is 0 Å². The van der Waals surface area contributed by atoms with Crippen LogP contribution in [0.1, 0.15) is 29.5 Å². The van der Waals surface area contributed by atoms with Crippen LogP contribution in [-0.4, -0.2) is 30.2 Å². The highest BCUT2D eigenvalue weighted by atomic mass is 16.5. The molecule has 0 bridgehead atoms. The molecule has 0 atom stereocenters. The van der Waals surface area contributed by atoms with Gasteiger partial charge in [-0.3, -0.25) is 0 Å². The van der Waals surface area contributed by atoms with E-state index < -0.39 is 0 Å². The van der Waals surface area contributed by atoms with Crippen LogP contribution in [-0.2, 0) is 6.54 Å². The van der Waals surface area contributed by atoms with Gasteiger partial charge >= 0.3 is 0 Å².